The summed E-state index contributed by atoms with van der Waals surface area (Å²) in [5.41, 5.74) is 0. The van der Waals surface area contributed by atoms with Gasteiger partial charge in [0.2, 0.25) is 0 Å². The van der Waals surface area contributed by atoms with Crippen molar-refractivity contribution in [1.29, 1.82) is 0 Å². The highest BCUT2D eigenvalue weighted by atomic mass is 32.2. The summed E-state index contributed by atoms with van der Waals surface area (Å²) in [7, 11) is 0. The molecule has 0 aromatic heterocycles. The van der Waals surface area contributed by atoms with Gasteiger partial charge in [-0.2, -0.15) is 0 Å². The summed E-state index contributed by atoms with van der Waals surface area (Å²) in [6.07, 6.45) is 2.62. The lowest BCUT2D eigenvalue weighted by Gasteiger charge is -2.44. The highest BCUT2D eigenvalue weighted by Crippen LogP contribution is 2.35. The zero-order valence-electron chi connectivity index (χ0n) is 7.45. The Morgan fingerprint density at radius 3 is 2.50 bits per heavy atom. The summed E-state index contributed by atoms with van der Waals surface area (Å²) in [5.74, 6) is 0.823. The molecule has 3 heterocycles. The number of carbonyl (C=O) groups excluding carboxylic acids is 1. The predicted molar refractivity (Wildman–Crippen MR) is 51.2 cm³/mol. The van der Waals surface area contributed by atoms with Gasteiger partial charge in [-0.05, 0) is 31.8 Å². The highest BCUT2D eigenvalue weighted by molar-refractivity contribution is 8.14. The van der Waals surface area contributed by atoms with E-state index in [0.717, 1.165) is 12.5 Å². The molecule has 0 radical (unpaired) electrons. The van der Waals surface area contributed by atoms with Crippen molar-refractivity contribution in [3.05, 3.63) is 0 Å². The Balaban J connectivity index is 1.95. The van der Waals surface area contributed by atoms with Crippen molar-refractivity contribution in [2.45, 2.75) is 25.0 Å². The van der Waals surface area contributed by atoms with E-state index < -0.39 is 0 Å². The number of carbonyl (C=O) groups is 1. The summed E-state index contributed by atoms with van der Waals surface area (Å²) in [6.45, 7) is 5.36. The molecule has 0 amide bonds. The lowest BCUT2D eigenvalue weighted by Crippen LogP contribution is -2.49. The molecule has 0 aromatic rings. The standard InChI is InChI=1S/C9H15NOS/c1-7(11)12-9-6-10-4-2-8(9)3-5-10/h8-9H,2-6H2,1H3/t9-/m1/s1. The molecular weight excluding hydrogens is 170 g/mol. The summed E-state index contributed by atoms with van der Waals surface area (Å²) < 4.78 is 0. The molecular formula is C9H15NOS. The van der Waals surface area contributed by atoms with Crippen LogP contribution in [-0.2, 0) is 4.79 Å². The maximum atomic E-state index is 10.9. The largest absolute Gasteiger partial charge is 0.302 e. The lowest BCUT2D eigenvalue weighted by molar-refractivity contribution is -0.109. The van der Waals surface area contributed by atoms with Gasteiger partial charge in [-0.25, -0.2) is 0 Å². The van der Waals surface area contributed by atoms with Gasteiger partial charge in [0.15, 0.2) is 5.12 Å². The van der Waals surface area contributed by atoms with Crippen LogP contribution in [0, 0.1) is 5.92 Å². The van der Waals surface area contributed by atoms with Crippen molar-refractivity contribution in [3.63, 3.8) is 0 Å². The van der Waals surface area contributed by atoms with Crippen molar-refractivity contribution < 1.29 is 4.79 Å². The predicted octanol–water partition coefficient (Wildman–Crippen LogP) is 1.36. The van der Waals surface area contributed by atoms with E-state index >= 15 is 0 Å². The molecule has 0 aliphatic carbocycles. The van der Waals surface area contributed by atoms with Crippen LogP contribution in [0.4, 0.5) is 0 Å². The minimum absolute atomic E-state index is 0.286. The van der Waals surface area contributed by atoms with Gasteiger partial charge in [-0.15, -0.1) is 0 Å². The third-order valence-electron chi connectivity index (χ3n) is 2.91. The summed E-state index contributed by atoms with van der Waals surface area (Å²) in [4.78, 5) is 13.4. The molecule has 2 nitrogen and oxygen atoms in total. The van der Waals surface area contributed by atoms with E-state index in [1.807, 2.05) is 0 Å². The average Bonchev–Trinajstić information content (AvgIpc) is 2.05. The molecule has 68 valence electrons. The molecule has 2 bridgehead atoms. The first-order valence-corrected chi connectivity index (χ1v) is 5.53. The normalized spacial score (nSPS) is 39.9. The number of hydrogen-bond donors (Lipinski definition) is 0. The summed E-state index contributed by atoms with van der Waals surface area (Å²) in [6, 6.07) is 0. The number of piperidine rings is 3. The SMILES string of the molecule is CC(=O)S[C@@H]1CN2CCC1CC2. The highest BCUT2D eigenvalue weighted by Gasteiger charge is 2.34. The molecule has 3 rings (SSSR count). The van der Waals surface area contributed by atoms with Crippen LogP contribution < -0.4 is 0 Å². The molecule has 0 aromatic carbocycles. The molecule has 3 fully saturated rings. The zero-order valence-corrected chi connectivity index (χ0v) is 8.27. The van der Waals surface area contributed by atoms with Crippen LogP contribution in [0.1, 0.15) is 19.8 Å². The van der Waals surface area contributed by atoms with Gasteiger partial charge in [-0.3, -0.25) is 4.79 Å². The van der Waals surface area contributed by atoms with E-state index in [2.05, 4.69) is 4.90 Å². The minimum Gasteiger partial charge on any atom is -0.302 e. The smallest absolute Gasteiger partial charge is 0.186 e. The van der Waals surface area contributed by atoms with Crippen molar-refractivity contribution in [2.75, 3.05) is 19.6 Å². The molecule has 1 atom stereocenters. The van der Waals surface area contributed by atoms with Gasteiger partial charge >= 0.3 is 0 Å². The molecule has 12 heavy (non-hydrogen) atoms. The van der Waals surface area contributed by atoms with Crippen LogP contribution >= 0.6 is 11.8 Å². The fraction of sp³-hybridized carbons (Fsp3) is 0.889. The van der Waals surface area contributed by atoms with E-state index in [0.29, 0.717) is 5.25 Å². The number of thioether (sulfide) groups is 1. The number of nitrogens with zero attached hydrogens (tertiary/aromatic N) is 1. The Morgan fingerprint density at radius 2 is 2.08 bits per heavy atom. The van der Waals surface area contributed by atoms with E-state index in [9.17, 15) is 4.79 Å². The molecule has 0 N–H and O–H groups in total. The molecule has 0 unspecified atom stereocenters. The number of rotatable bonds is 1. The van der Waals surface area contributed by atoms with Crippen LogP contribution in [0.2, 0.25) is 0 Å². The lowest BCUT2D eigenvalue weighted by atomic mass is 9.88. The molecule has 3 aliphatic heterocycles. The Bertz CT molecular complexity index is 187. The third kappa shape index (κ3) is 1.67. The topological polar surface area (TPSA) is 20.3 Å². The first kappa shape index (κ1) is 8.57. The van der Waals surface area contributed by atoms with Gasteiger partial charge < -0.3 is 4.90 Å². The second kappa shape index (κ2) is 3.38. The van der Waals surface area contributed by atoms with Gasteiger partial charge in [-0.1, -0.05) is 11.8 Å². The van der Waals surface area contributed by atoms with Crippen LogP contribution in [0.25, 0.3) is 0 Å². The first-order chi connectivity index (χ1) is 5.75. The monoisotopic (exact) mass is 185 g/mol. The number of fused-ring (bicyclic) bond motifs is 3. The van der Waals surface area contributed by atoms with Gasteiger partial charge in [0.1, 0.15) is 0 Å². The van der Waals surface area contributed by atoms with Crippen molar-refractivity contribution in [2.24, 2.45) is 5.92 Å². The zero-order chi connectivity index (χ0) is 8.55. The molecule has 0 saturated carbocycles. The van der Waals surface area contributed by atoms with Gasteiger partial charge in [0, 0.05) is 18.7 Å². The Hall–Kier alpha value is -0.0200. The minimum atomic E-state index is 0.286. The van der Waals surface area contributed by atoms with Crippen LogP contribution in [-0.4, -0.2) is 34.9 Å². The molecule has 3 saturated heterocycles. The second-order valence-corrected chi connectivity index (χ2v) is 5.20. The fourth-order valence-electron chi connectivity index (χ4n) is 2.26. The maximum Gasteiger partial charge on any atom is 0.186 e. The Kier molecular flexibility index (Phi) is 2.42. The number of hydrogen-bond acceptors (Lipinski definition) is 3. The first-order valence-electron chi connectivity index (χ1n) is 4.65. The second-order valence-electron chi connectivity index (χ2n) is 3.79. The van der Waals surface area contributed by atoms with Gasteiger partial charge in [0.05, 0.1) is 0 Å². The Morgan fingerprint density at radius 1 is 1.42 bits per heavy atom. The van der Waals surface area contributed by atoms with Crippen molar-refractivity contribution >= 4 is 16.9 Å². The van der Waals surface area contributed by atoms with Crippen molar-refractivity contribution in [1.82, 2.24) is 4.90 Å². The third-order valence-corrected chi connectivity index (χ3v) is 4.08. The fourth-order valence-corrected chi connectivity index (χ4v) is 3.43. The molecule has 3 heteroatoms. The van der Waals surface area contributed by atoms with E-state index in [-0.39, 0.29) is 5.12 Å². The van der Waals surface area contributed by atoms with Gasteiger partial charge in [0.25, 0.3) is 0 Å². The molecule has 0 spiro atoms. The van der Waals surface area contributed by atoms with E-state index in [4.69, 9.17) is 0 Å². The Labute approximate surface area is 77.7 Å². The quantitative estimate of drug-likeness (QED) is 0.615. The average molecular weight is 185 g/mol. The van der Waals surface area contributed by atoms with Crippen LogP contribution in [0.5, 0.6) is 0 Å². The van der Waals surface area contributed by atoms with E-state index in [1.165, 1.54) is 25.9 Å². The van der Waals surface area contributed by atoms with Crippen molar-refractivity contribution in [3.8, 4) is 0 Å². The van der Waals surface area contributed by atoms with Crippen LogP contribution in [0.3, 0.4) is 0 Å². The molecule has 3 aliphatic rings. The maximum absolute atomic E-state index is 10.9. The van der Waals surface area contributed by atoms with E-state index in [1.54, 1.807) is 18.7 Å². The summed E-state index contributed by atoms with van der Waals surface area (Å²) >= 11 is 1.56. The summed E-state index contributed by atoms with van der Waals surface area (Å²) in [5, 5.41) is 0.888. The van der Waals surface area contributed by atoms with Crippen LogP contribution in [0.15, 0.2) is 0 Å².